The second kappa shape index (κ2) is 6.55. The highest BCUT2D eigenvalue weighted by Gasteiger charge is 2.37. The maximum absolute atomic E-state index is 9.86. The van der Waals surface area contributed by atoms with E-state index in [1.165, 1.54) is 11.3 Å². The molecule has 2 aromatic rings. The Kier molecular flexibility index (Phi) is 4.59. The van der Waals surface area contributed by atoms with Crippen molar-refractivity contribution in [2.75, 3.05) is 4.90 Å². The van der Waals surface area contributed by atoms with Crippen molar-refractivity contribution in [3.05, 3.63) is 53.6 Å². The van der Waals surface area contributed by atoms with Gasteiger partial charge in [-0.15, -0.1) is 0 Å². The molecule has 3 heteroatoms. The summed E-state index contributed by atoms with van der Waals surface area (Å²) in [4.78, 5) is 6.98. The molecule has 3 nitrogen and oxygen atoms in total. The zero-order valence-corrected chi connectivity index (χ0v) is 15.8. The van der Waals surface area contributed by atoms with Crippen LogP contribution in [0, 0.1) is 0 Å². The van der Waals surface area contributed by atoms with Crippen molar-refractivity contribution < 1.29 is 5.11 Å². The lowest BCUT2D eigenvalue weighted by atomic mass is 9.79. The molecule has 3 rings (SSSR count). The van der Waals surface area contributed by atoms with Crippen LogP contribution in [0.3, 0.4) is 0 Å². The number of benzene rings is 2. The molecule has 0 aliphatic carbocycles. The van der Waals surface area contributed by atoms with Gasteiger partial charge in [-0.3, -0.25) is 4.99 Å². The van der Waals surface area contributed by atoms with E-state index in [2.05, 4.69) is 62.7 Å². The first-order chi connectivity index (χ1) is 11.8. The summed E-state index contributed by atoms with van der Waals surface area (Å²) < 4.78 is 0. The van der Waals surface area contributed by atoms with Crippen LogP contribution in [0.15, 0.2) is 47.5 Å². The Morgan fingerprint density at radius 2 is 1.92 bits per heavy atom. The van der Waals surface area contributed by atoms with Crippen LogP contribution in [0.5, 0.6) is 5.75 Å². The summed E-state index contributed by atoms with van der Waals surface area (Å²) in [5, 5.41) is 9.86. The van der Waals surface area contributed by atoms with Gasteiger partial charge in [0.05, 0.1) is 0 Å². The van der Waals surface area contributed by atoms with E-state index in [0.29, 0.717) is 17.6 Å². The van der Waals surface area contributed by atoms with Gasteiger partial charge in [-0.05, 0) is 75.4 Å². The second-order valence-corrected chi connectivity index (χ2v) is 7.95. The molecule has 0 bridgehead atoms. The molecule has 0 saturated carbocycles. The number of aliphatic imine (C=N–C) groups is 1. The van der Waals surface area contributed by atoms with Crippen molar-refractivity contribution >= 4 is 17.6 Å². The van der Waals surface area contributed by atoms with E-state index in [4.69, 9.17) is 0 Å². The summed E-state index contributed by atoms with van der Waals surface area (Å²) in [6, 6.07) is 14.2. The van der Waals surface area contributed by atoms with E-state index in [0.717, 1.165) is 12.0 Å². The highest BCUT2D eigenvalue weighted by atomic mass is 16.3. The zero-order chi connectivity index (χ0) is 18.2. The molecule has 0 amide bonds. The largest absolute Gasteiger partial charge is 0.506 e. The van der Waals surface area contributed by atoms with E-state index >= 15 is 0 Å². The Hall–Kier alpha value is -2.29. The Morgan fingerprint density at radius 1 is 1.20 bits per heavy atom. The predicted molar refractivity (Wildman–Crippen MR) is 107 cm³/mol. The maximum atomic E-state index is 9.86. The highest BCUT2D eigenvalue weighted by Crippen LogP contribution is 2.44. The molecule has 0 fully saturated rings. The lowest BCUT2D eigenvalue weighted by molar-refractivity contribution is 0.356. The summed E-state index contributed by atoms with van der Waals surface area (Å²) in [6.07, 6.45) is 2.97. The van der Waals surface area contributed by atoms with Gasteiger partial charge in [0, 0.05) is 23.5 Å². The van der Waals surface area contributed by atoms with Crippen LogP contribution in [0.2, 0.25) is 0 Å². The van der Waals surface area contributed by atoms with Gasteiger partial charge < -0.3 is 10.0 Å². The molecule has 2 aromatic carbocycles. The molecule has 0 spiro atoms. The molecule has 1 N–H and O–H groups in total. The predicted octanol–water partition coefficient (Wildman–Crippen LogP) is 5.64. The van der Waals surface area contributed by atoms with Crippen LogP contribution in [-0.2, 0) is 0 Å². The van der Waals surface area contributed by atoms with Gasteiger partial charge in [-0.25, -0.2) is 0 Å². The lowest BCUT2D eigenvalue weighted by Gasteiger charge is -2.50. The minimum absolute atomic E-state index is 0.159. The lowest BCUT2D eigenvalue weighted by Crippen LogP contribution is -2.51. The van der Waals surface area contributed by atoms with Crippen LogP contribution in [0.1, 0.15) is 58.1 Å². The summed E-state index contributed by atoms with van der Waals surface area (Å²) in [7, 11) is 0. The van der Waals surface area contributed by atoms with Crippen LogP contribution in [0.25, 0.3) is 0 Å². The number of para-hydroxylation sites is 2. The van der Waals surface area contributed by atoms with Gasteiger partial charge in [0.15, 0.2) is 0 Å². The number of nitrogens with zero attached hydrogens (tertiary/aromatic N) is 2. The van der Waals surface area contributed by atoms with Gasteiger partial charge >= 0.3 is 0 Å². The number of aromatic hydroxyl groups is 1. The molecule has 132 valence electrons. The number of fused-ring (bicyclic) bond motifs is 1. The van der Waals surface area contributed by atoms with Crippen LogP contribution in [-0.4, -0.2) is 22.9 Å². The first kappa shape index (κ1) is 17.5. The molecule has 25 heavy (non-hydrogen) atoms. The van der Waals surface area contributed by atoms with Crippen molar-refractivity contribution in [1.29, 1.82) is 0 Å². The van der Waals surface area contributed by atoms with Crippen molar-refractivity contribution in [2.45, 2.75) is 58.5 Å². The maximum Gasteiger partial charge on any atom is 0.141 e. The standard InChI is InChI=1S/C22H28N2O/c1-15(2)24-20-11-10-17(12-18(20)16(3)13-22(24,4)5)14-23-19-8-6-7-9-21(19)25/h6-12,14-16,25H,13H2,1-5H3. The first-order valence-electron chi connectivity index (χ1n) is 9.05. The molecular weight excluding hydrogens is 308 g/mol. The molecule has 0 radical (unpaired) electrons. The Morgan fingerprint density at radius 3 is 2.60 bits per heavy atom. The third-order valence-electron chi connectivity index (χ3n) is 5.05. The minimum Gasteiger partial charge on any atom is -0.506 e. The van der Waals surface area contributed by atoms with E-state index in [-0.39, 0.29) is 11.3 Å². The van der Waals surface area contributed by atoms with Crippen molar-refractivity contribution in [3.63, 3.8) is 0 Å². The normalized spacial score (nSPS) is 19.4. The van der Waals surface area contributed by atoms with Crippen molar-refractivity contribution in [2.24, 2.45) is 4.99 Å². The molecule has 0 saturated heterocycles. The van der Waals surface area contributed by atoms with Gasteiger partial charge in [-0.2, -0.15) is 0 Å². The minimum atomic E-state index is 0.159. The fraction of sp³-hybridized carbons (Fsp3) is 0.409. The zero-order valence-electron chi connectivity index (χ0n) is 15.8. The summed E-state index contributed by atoms with van der Waals surface area (Å²) in [5.41, 5.74) is 4.54. The average molecular weight is 336 g/mol. The van der Waals surface area contributed by atoms with Crippen molar-refractivity contribution in [3.8, 4) is 5.75 Å². The van der Waals surface area contributed by atoms with E-state index in [9.17, 15) is 5.11 Å². The Balaban J connectivity index is 1.97. The quantitative estimate of drug-likeness (QED) is 0.736. The second-order valence-electron chi connectivity index (χ2n) is 7.95. The van der Waals surface area contributed by atoms with Gasteiger partial charge in [0.2, 0.25) is 0 Å². The Labute approximate surface area is 151 Å². The number of phenols is 1. The monoisotopic (exact) mass is 336 g/mol. The summed E-state index contributed by atoms with van der Waals surface area (Å²) in [5.74, 6) is 0.719. The molecule has 0 aromatic heterocycles. The Bertz CT molecular complexity index is 792. The van der Waals surface area contributed by atoms with Crippen LogP contribution in [0.4, 0.5) is 11.4 Å². The SMILES string of the molecule is CC1CC(C)(C)N(C(C)C)c2ccc(C=Nc3ccccc3O)cc21. The van der Waals surface area contributed by atoms with Crippen molar-refractivity contribution in [1.82, 2.24) is 0 Å². The van der Waals surface area contributed by atoms with E-state index < -0.39 is 0 Å². The van der Waals surface area contributed by atoms with Gasteiger partial charge in [-0.1, -0.05) is 25.1 Å². The third-order valence-corrected chi connectivity index (χ3v) is 5.05. The fourth-order valence-electron chi connectivity index (χ4n) is 4.25. The number of rotatable bonds is 3. The topological polar surface area (TPSA) is 35.8 Å². The first-order valence-corrected chi connectivity index (χ1v) is 9.05. The van der Waals surface area contributed by atoms with E-state index in [1.807, 2.05) is 18.3 Å². The van der Waals surface area contributed by atoms with E-state index in [1.54, 1.807) is 12.1 Å². The summed E-state index contributed by atoms with van der Waals surface area (Å²) >= 11 is 0. The molecule has 1 aliphatic rings. The average Bonchev–Trinajstić information content (AvgIpc) is 2.53. The van der Waals surface area contributed by atoms with Crippen LogP contribution >= 0.6 is 0 Å². The van der Waals surface area contributed by atoms with Gasteiger partial charge in [0.25, 0.3) is 0 Å². The van der Waals surface area contributed by atoms with Gasteiger partial charge in [0.1, 0.15) is 11.4 Å². The number of phenolic OH excluding ortho intramolecular Hbond substituents is 1. The number of hydrogen-bond donors (Lipinski definition) is 1. The number of anilines is 1. The molecular formula is C22H28N2O. The van der Waals surface area contributed by atoms with Crippen LogP contribution < -0.4 is 4.90 Å². The molecule has 1 unspecified atom stereocenters. The smallest absolute Gasteiger partial charge is 0.141 e. The third kappa shape index (κ3) is 3.41. The highest BCUT2D eigenvalue weighted by molar-refractivity contribution is 5.84. The summed E-state index contributed by atoms with van der Waals surface area (Å²) in [6.45, 7) is 11.5. The molecule has 1 heterocycles. The fourth-order valence-corrected chi connectivity index (χ4v) is 4.25. The number of hydrogen-bond acceptors (Lipinski definition) is 3. The molecule has 1 atom stereocenters. The molecule has 1 aliphatic heterocycles.